The van der Waals surface area contributed by atoms with Crippen LogP contribution in [0.3, 0.4) is 0 Å². The molecule has 1 atom stereocenters. The zero-order valence-electron chi connectivity index (χ0n) is 16.8. The Labute approximate surface area is 189 Å². The van der Waals surface area contributed by atoms with Gasteiger partial charge in [-0.15, -0.1) is 0 Å². The Hall–Kier alpha value is -3.10. The minimum Gasteiger partial charge on any atom is -0.496 e. The number of anilines is 1. The van der Waals surface area contributed by atoms with Crippen LogP contribution >= 0.6 is 23.8 Å². The molecule has 4 rings (SSSR count). The molecular formula is C22H21ClN4O3S. The van der Waals surface area contributed by atoms with Crippen LogP contribution in [0.5, 0.6) is 5.75 Å². The Kier molecular flexibility index (Phi) is 6.11. The van der Waals surface area contributed by atoms with E-state index in [9.17, 15) is 9.59 Å². The van der Waals surface area contributed by atoms with Crippen LogP contribution in [0.4, 0.5) is 5.69 Å². The summed E-state index contributed by atoms with van der Waals surface area (Å²) in [6.45, 7) is 0.491. The molecule has 1 aliphatic rings. The van der Waals surface area contributed by atoms with Gasteiger partial charge >= 0.3 is 0 Å². The largest absolute Gasteiger partial charge is 0.496 e. The number of nitrogens with zero attached hydrogens (tertiary/aromatic N) is 2. The SMILES string of the molecule is COc1ccc(Cl)cc1C(=O)N1CCC[C@H]1C(=O)Nc1cccc(-n2cc[nH]c2=S)c1. The summed E-state index contributed by atoms with van der Waals surface area (Å²) in [4.78, 5) is 30.8. The highest BCUT2D eigenvalue weighted by molar-refractivity contribution is 7.71. The van der Waals surface area contributed by atoms with Gasteiger partial charge in [0.05, 0.1) is 12.7 Å². The minimum absolute atomic E-state index is 0.235. The van der Waals surface area contributed by atoms with Crippen LogP contribution in [0.1, 0.15) is 23.2 Å². The van der Waals surface area contributed by atoms with Crippen LogP contribution in [0, 0.1) is 4.77 Å². The summed E-state index contributed by atoms with van der Waals surface area (Å²) < 4.78 is 7.68. The number of nitrogens with one attached hydrogen (secondary N) is 2. The van der Waals surface area contributed by atoms with Crippen molar-refractivity contribution in [2.75, 3.05) is 19.0 Å². The first-order valence-corrected chi connectivity index (χ1v) is 10.6. The molecule has 2 aromatic carbocycles. The summed E-state index contributed by atoms with van der Waals surface area (Å²) in [5, 5.41) is 3.37. The predicted octanol–water partition coefficient (Wildman–Crippen LogP) is 4.44. The van der Waals surface area contributed by atoms with Crippen LogP contribution in [0.25, 0.3) is 5.69 Å². The van der Waals surface area contributed by atoms with Crippen LogP contribution < -0.4 is 10.1 Å². The lowest BCUT2D eigenvalue weighted by atomic mass is 10.1. The summed E-state index contributed by atoms with van der Waals surface area (Å²) in [5.41, 5.74) is 1.80. The van der Waals surface area contributed by atoms with E-state index in [1.54, 1.807) is 35.4 Å². The van der Waals surface area contributed by atoms with E-state index in [0.717, 1.165) is 12.1 Å². The third-order valence-electron chi connectivity index (χ3n) is 5.25. The van der Waals surface area contributed by atoms with Crippen molar-refractivity contribution in [1.82, 2.24) is 14.5 Å². The summed E-state index contributed by atoms with van der Waals surface area (Å²) >= 11 is 11.3. The monoisotopic (exact) mass is 456 g/mol. The molecule has 0 unspecified atom stereocenters. The summed E-state index contributed by atoms with van der Waals surface area (Å²) in [5.74, 6) is -0.0811. The molecule has 1 aliphatic heterocycles. The second-order valence-corrected chi connectivity index (χ2v) is 8.00. The summed E-state index contributed by atoms with van der Waals surface area (Å²) in [6.07, 6.45) is 4.90. The van der Waals surface area contributed by atoms with E-state index in [1.807, 2.05) is 29.0 Å². The van der Waals surface area contributed by atoms with Crippen LogP contribution in [-0.2, 0) is 4.79 Å². The maximum atomic E-state index is 13.2. The molecule has 0 aliphatic carbocycles. The van der Waals surface area contributed by atoms with Gasteiger partial charge in [-0.05, 0) is 61.5 Å². The van der Waals surface area contributed by atoms with Gasteiger partial charge < -0.3 is 19.9 Å². The van der Waals surface area contributed by atoms with E-state index in [-0.39, 0.29) is 11.8 Å². The summed E-state index contributed by atoms with van der Waals surface area (Å²) in [6, 6.07) is 11.7. The molecular weight excluding hydrogens is 436 g/mol. The summed E-state index contributed by atoms with van der Waals surface area (Å²) in [7, 11) is 1.50. The van der Waals surface area contributed by atoms with Crippen molar-refractivity contribution in [2.45, 2.75) is 18.9 Å². The molecule has 1 fully saturated rings. The topological polar surface area (TPSA) is 79.4 Å². The van der Waals surface area contributed by atoms with Gasteiger partial charge in [-0.1, -0.05) is 17.7 Å². The first-order chi connectivity index (χ1) is 15.0. The van der Waals surface area contributed by atoms with Crippen molar-refractivity contribution >= 4 is 41.3 Å². The third-order valence-corrected chi connectivity index (χ3v) is 5.80. The average Bonchev–Trinajstić information content (AvgIpc) is 3.42. The number of imidazole rings is 1. The number of aromatic nitrogens is 2. The number of amides is 2. The number of carbonyl (C=O) groups excluding carboxylic acids is 2. The molecule has 7 nitrogen and oxygen atoms in total. The molecule has 2 heterocycles. The molecule has 1 aromatic heterocycles. The third kappa shape index (κ3) is 4.35. The lowest BCUT2D eigenvalue weighted by Gasteiger charge is -2.25. The highest BCUT2D eigenvalue weighted by atomic mass is 35.5. The van der Waals surface area contributed by atoms with Gasteiger partial charge in [0.25, 0.3) is 5.91 Å². The molecule has 31 heavy (non-hydrogen) atoms. The Bertz CT molecular complexity index is 1190. The zero-order valence-corrected chi connectivity index (χ0v) is 18.4. The van der Waals surface area contributed by atoms with Crippen LogP contribution in [0.15, 0.2) is 54.9 Å². The number of hydrogen-bond donors (Lipinski definition) is 2. The van der Waals surface area contributed by atoms with Crippen molar-refractivity contribution in [1.29, 1.82) is 0 Å². The first kappa shape index (κ1) is 21.1. The van der Waals surface area contributed by atoms with E-state index in [1.165, 1.54) is 7.11 Å². The van der Waals surface area contributed by atoms with E-state index in [0.29, 0.717) is 39.8 Å². The normalized spacial score (nSPS) is 15.7. The first-order valence-electron chi connectivity index (χ1n) is 9.80. The highest BCUT2D eigenvalue weighted by Gasteiger charge is 2.35. The van der Waals surface area contributed by atoms with Gasteiger partial charge in [-0.25, -0.2) is 0 Å². The second kappa shape index (κ2) is 8.95. The van der Waals surface area contributed by atoms with E-state index in [4.69, 9.17) is 28.6 Å². The zero-order chi connectivity index (χ0) is 22.0. The number of ether oxygens (including phenoxy) is 1. The Morgan fingerprint density at radius 3 is 2.84 bits per heavy atom. The molecule has 0 bridgehead atoms. The number of methoxy groups -OCH3 is 1. The standard InChI is InChI=1S/C22H21ClN4O3S/c1-30-19-8-7-14(23)12-17(19)21(29)27-10-3-6-18(27)20(28)25-15-4-2-5-16(13-15)26-11-9-24-22(26)31/h2,4-5,7-9,11-13,18H,3,6,10H2,1H3,(H,24,31)(H,25,28)/t18-/m0/s1. The Morgan fingerprint density at radius 1 is 1.26 bits per heavy atom. The molecule has 9 heteroatoms. The van der Waals surface area contributed by atoms with E-state index in [2.05, 4.69) is 10.3 Å². The highest BCUT2D eigenvalue weighted by Crippen LogP contribution is 2.28. The minimum atomic E-state index is -0.575. The number of likely N-dealkylation sites (tertiary alicyclic amines) is 1. The van der Waals surface area contributed by atoms with Gasteiger partial charge in [0.1, 0.15) is 11.8 Å². The number of hydrogen-bond acceptors (Lipinski definition) is 4. The van der Waals surface area contributed by atoms with Crippen molar-refractivity contribution in [2.24, 2.45) is 0 Å². The Morgan fingerprint density at radius 2 is 2.10 bits per heavy atom. The fourth-order valence-electron chi connectivity index (χ4n) is 3.77. The van der Waals surface area contributed by atoms with Crippen molar-refractivity contribution in [3.8, 4) is 11.4 Å². The van der Waals surface area contributed by atoms with Crippen molar-refractivity contribution in [3.05, 3.63) is 70.2 Å². The lowest BCUT2D eigenvalue weighted by Crippen LogP contribution is -2.43. The maximum Gasteiger partial charge on any atom is 0.258 e. The Balaban J connectivity index is 1.54. The number of carbonyl (C=O) groups is 2. The molecule has 1 saturated heterocycles. The fraction of sp³-hybridized carbons (Fsp3) is 0.227. The van der Waals surface area contributed by atoms with E-state index < -0.39 is 6.04 Å². The molecule has 3 aromatic rings. The molecule has 0 radical (unpaired) electrons. The number of aromatic amines is 1. The molecule has 2 amide bonds. The van der Waals surface area contributed by atoms with Crippen LogP contribution in [0.2, 0.25) is 5.02 Å². The smallest absolute Gasteiger partial charge is 0.258 e. The van der Waals surface area contributed by atoms with Gasteiger partial charge in [0.2, 0.25) is 5.91 Å². The number of halogens is 1. The fourth-order valence-corrected chi connectivity index (χ4v) is 4.17. The van der Waals surface area contributed by atoms with Crippen molar-refractivity contribution < 1.29 is 14.3 Å². The number of benzene rings is 2. The molecule has 0 saturated carbocycles. The average molecular weight is 457 g/mol. The maximum absolute atomic E-state index is 13.2. The van der Waals surface area contributed by atoms with Gasteiger partial charge in [-0.3, -0.25) is 14.2 Å². The van der Waals surface area contributed by atoms with Gasteiger partial charge in [-0.2, -0.15) is 0 Å². The second-order valence-electron chi connectivity index (χ2n) is 7.18. The van der Waals surface area contributed by atoms with E-state index >= 15 is 0 Å². The molecule has 160 valence electrons. The predicted molar refractivity (Wildman–Crippen MR) is 122 cm³/mol. The lowest BCUT2D eigenvalue weighted by molar-refractivity contribution is -0.119. The quantitative estimate of drug-likeness (QED) is 0.556. The molecule has 0 spiro atoms. The van der Waals surface area contributed by atoms with Crippen molar-refractivity contribution in [3.63, 3.8) is 0 Å². The van der Waals surface area contributed by atoms with Gasteiger partial charge in [0, 0.05) is 35.3 Å². The molecule has 2 N–H and O–H groups in total. The number of H-pyrrole nitrogens is 1. The van der Waals surface area contributed by atoms with Crippen LogP contribution in [-0.4, -0.2) is 46.0 Å². The van der Waals surface area contributed by atoms with Gasteiger partial charge in [0.15, 0.2) is 4.77 Å². The number of rotatable bonds is 5.